The Labute approximate surface area is 113 Å². The van der Waals surface area contributed by atoms with Gasteiger partial charge in [0.05, 0.1) is 0 Å². The van der Waals surface area contributed by atoms with Crippen molar-refractivity contribution in [1.82, 2.24) is 5.32 Å². The van der Waals surface area contributed by atoms with E-state index < -0.39 is 0 Å². The standard InChI is InChI=1S/C16H31NO/c1-11(2)14-8-7-12(3)9-13(14)10-15(18)17-16(4,5)6/h11-14H,7-10H2,1-6H3,(H,17,18). The molecule has 0 aromatic rings. The molecule has 0 aromatic carbocycles. The van der Waals surface area contributed by atoms with Crippen LogP contribution in [0.2, 0.25) is 0 Å². The smallest absolute Gasteiger partial charge is 0.220 e. The predicted molar refractivity (Wildman–Crippen MR) is 77.3 cm³/mol. The molecule has 3 unspecified atom stereocenters. The summed E-state index contributed by atoms with van der Waals surface area (Å²) in [5.74, 6) is 3.02. The normalized spacial score (nSPS) is 29.4. The van der Waals surface area contributed by atoms with Crippen molar-refractivity contribution in [2.75, 3.05) is 0 Å². The Bertz CT molecular complexity index is 277. The van der Waals surface area contributed by atoms with Crippen LogP contribution in [-0.4, -0.2) is 11.4 Å². The van der Waals surface area contributed by atoms with E-state index in [0.29, 0.717) is 18.3 Å². The zero-order chi connectivity index (χ0) is 13.9. The van der Waals surface area contributed by atoms with Crippen LogP contribution in [0.5, 0.6) is 0 Å². The number of nitrogens with one attached hydrogen (secondary N) is 1. The fourth-order valence-corrected chi connectivity index (χ4v) is 3.34. The van der Waals surface area contributed by atoms with Crippen molar-refractivity contribution in [2.45, 2.75) is 72.8 Å². The molecule has 0 heterocycles. The molecular formula is C16H31NO. The molecule has 1 rings (SSSR count). The number of carbonyl (C=O) groups is 1. The molecule has 0 bridgehead atoms. The first-order valence-electron chi connectivity index (χ1n) is 7.50. The van der Waals surface area contributed by atoms with E-state index in [4.69, 9.17) is 0 Å². The lowest BCUT2D eigenvalue weighted by Gasteiger charge is -2.37. The third kappa shape index (κ3) is 4.99. The molecule has 1 saturated carbocycles. The Hall–Kier alpha value is -0.530. The minimum Gasteiger partial charge on any atom is -0.352 e. The van der Waals surface area contributed by atoms with Crippen LogP contribution in [0.3, 0.4) is 0 Å². The van der Waals surface area contributed by atoms with Crippen LogP contribution >= 0.6 is 0 Å². The summed E-state index contributed by atoms with van der Waals surface area (Å²) in [6.07, 6.45) is 4.57. The first-order chi connectivity index (χ1) is 8.19. The van der Waals surface area contributed by atoms with Gasteiger partial charge in [-0.2, -0.15) is 0 Å². The lowest BCUT2D eigenvalue weighted by atomic mass is 9.69. The minimum absolute atomic E-state index is 0.106. The summed E-state index contributed by atoms with van der Waals surface area (Å²) in [5, 5.41) is 3.10. The van der Waals surface area contributed by atoms with E-state index in [-0.39, 0.29) is 11.4 Å². The van der Waals surface area contributed by atoms with Gasteiger partial charge < -0.3 is 5.32 Å². The summed E-state index contributed by atoms with van der Waals surface area (Å²) >= 11 is 0. The van der Waals surface area contributed by atoms with E-state index in [9.17, 15) is 4.79 Å². The molecule has 0 aliphatic heterocycles. The molecule has 1 fully saturated rings. The van der Waals surface area contributed by atoms with Crippen molar-refractivity contribution >= 4 is 5.91 Å². The van der Waals surface area contributed by atoms with Crippen LogP contribution < -0.4 is 5.32 Å². The van der Waals surface area contributed by atoms with E-state index in [1.165, 1.54) is 19.3 Å². The van der Waals surface area contributed by atoms with Crippen molar-refractivity contribution < 1.29 is 4.79 Å². The Kier molecular flexibility index (Phi) is 5.24. The second-order valence-corrected chi connectivity index (χ2v) is 7.59. The molecule has 0 radical (unpaired) electrons. The first-order valence-corrected chi connectivity index (χ1v) is 7.50. The van der Waals surface area contributed by atoms with Gasteiger partial charge in [0.1, 0.15) is 0 Å². The highest BCUT2D eigenvalue weighted by molar-refractivity contribution is 5.76. The third-order valence-electron chi connectivity index (χ3n) is 4.12. The van der Waals surface area contributed by atoms with E-state index in [0.717, 1.165) is 11.8 Å². The Morgan fingerprint density at radius 2 is 1.89 bits per heavy atom. The quantitative estimate of drug-likeness (QED) is 0.809. The van der Waals surface area contributed by atoms with Gasteiger partial charge >= 0.3 is 0 Å². The monoisotopic (exact) mass is 253 g/mol. The SMILES string of the molecule is CC1CCC(C(C)C)C(CC(=O)NC(C)(C)C)C1. The summed E-state index contributed by atoms with van der Waals surface area (Å²) in [5.41, 5.74) is -0.106. The van der Waals surface area contributed by atoms with Gasteiger partial charge in [-0.15, -0.1) is 0 Å². The maximum atomic E-state index is 12.1. The molecule has 1 aliphatic carbocycles. The zero-order valence-corrected chi connectivity index (χ0v) is 13.0. The molecule has 0 saturated heterocycles. The molecule has 3 atom stereocenters. The van der Waals surface area contributed by atoms with E-state index in [1.54, 1.807) is 0 Å². The topological polar surface area (TPSA) is 29.1 Å². The van der Waals surface area contributed by atoms with Crippen molar-refractivity contribution in [3.05, 3.63) is 0 Å². The van der Waals surface area contributed by atoms with Crippen molar-refractivity contribution in [3.8, 4) is 0 Å². The molecule has 1 aliphatic rings. The highest BCUT2D eigenvalue weighted by atomic mass is 16.1. The third-order valence-corrected chi connectivity index (χ3v) is 4.12. The number of hydrogen-bond donors (Lipinski definition) is 1. The van der Waals surface area contributed by atoms with Crippen LogP contribution in [0.4, 0.5) is 0 Å². The van der Waals surface area contributed by atoms with Gasteiger partial charge in [0.25, 0.3) is 0 Å². The van der Waals surface area contributed by atoms with Crippen LogP contribution in [-0.2, 0) is 4.79 Å². The van der Waals surface area contributed by atoms with Crippen molar-refractivity contribution in [1.29, 1.82) is 0 Å². The Balaban J connectivity index is 2.58. The van der Waals surface area contributed by atoms with E-state index in [2.05, 4.69) is 26.1 Å². The molecule has 2 heteroatoms. The first kappa shape index (κ1) is 15.5. The lowest BCUT2D eigenvalue weighted by Crippen LogP contribution is -2.42. The van der Waals surface area contributed by atoms with Gasteiger partial charge in [0.2, 0.25) is 5.91 Å². The van der Waals surface area contributed by atoms with Crippen molar-refractivity contribution in [2.24, 2.45) is 23.7 Å². The Morgan fingerprint density at radius 3 is 2.39 bits per heavy atom. The number of carbonyl (C=O) groups excluding carboxylic acids is 1. The fraction of sp³-hybridized carbons (Fsp3) is 0.938. The fourth-order valence-electron chi connectivity index (χ4n) is 3.34. The zero-order valence-electron chi connectivity index (χ0n) is 13.0. The summed E-state index contributed by atoms with van der Waals surface area (Å²) in [6, 6.07) is 0. The van der Waals surface area contributed by atoms with Crippen molar-refractivity contribution in [3.63, 3.8) is 0 Å². The maximum absolute atomic E-state index is 12.1. The molecule has 106 valence electrons. The summed E-state index contributed by atoms with van der Waals surface area (Å²) in [6.45, 7) is 13.1. The summed E-state index contributed by atoms with van der Waals surface area (Å²) in [4.78, 5) is 12.1. The molecule has 18 heavy (non-hydrogen) atoms. The minimum atomic E-state index is -0.106. The van der Waals surface area contributed by atoms with Crippen LogP contribution in [0.15, 0.2) is 0 Å². The second-order valence-electron chi connectivity index (χ2n) is 7.59. The summed E-state index contributed by atoms with van der Waals surface area (Å²) < 4.78 is 0. The van der Waals surface area contributed by atoms with Gasteiger partial charge in [0.15, 0.2) is 0 Å². The summed E-state index contributed by atoms with van der Waals surface area (Å²) in [7, 11) is 0. The van der Waals surface area contributed by atoms with Gasteiger partial charge in [-0.3, -0.25) is 4.79 Å². The molecule has 1 N–H and O–H groups in total. The van der Waals surface area contributed by atoms with Crippen LogP contribution in [0.1, 0.15) is 67.2 Å². The average Bonchev–Trinajstić information content (AvgIpc) is 2.13. The largest absolute Gasteiger partial charge is 0.352 e. The molecule has 1 amide bonds. The van der Waals surface area contributed by atoms with E-state index in [1.807, 2.05) is 20.8 Å². The van der Waals surface area contributed by atoms with Gasteiger partial charge in [-0.25, -0.2) is 0 Å². The predicted octanol–water partition coefficient (Wildman–Crippen LogP) is 4.00. The van der Waals surface area contributed by atoms with Gasteiger partial charge in [-0.1, -0.05) is 27.2 Å². The number of rotatable bonds is 3. The highest BCUT2D eigenvalue weighted by Crippen LogP contribution is 2.39. The molecule has 0 spiro atoms. The highest BCUT2D eigenvalue weighted by Gasteiger charge is 2.32. The number of amides is 1. The molecule has 0 aromatic heterocycles. The van der Waals surface area contributed by atoms with E-state index >= 15 is 0 Å². The van der Waals surface area contributed by atoms with Gasteiger partial charge in [0, 0.05) is 12.0 Å². The second kappa shape index (κ2) is 6.08. The maximum Gasteiger partial charge on any atom is 0.220 e. The molecular weight excluding hydrogens is 222 g/mol. The molecule has 2 nitrogen and oxygen atoms in total. The Morgan fingerprint density at radius 1 is 1.28 bits per heavy atom. The van der Waals surface area contributed by atoms with Gasteiger partial charge in [-0.05, 0) is 57.3 Å². The van der Waals surface area contributed by atoms with Crippen LogP contribution in [0, 0.1) is 23.7 Å². The van der Waals surface area contributed by atoms with Crippen LogP contribution in [0.25, 0.3) is 0 Å². The average molecular weight is 253 g/mol. The lowest BCUT2D eigenvalue weighted by molar-refractivity contribution is -0.124. The number of hydrogen-bond acceptors (Lipinski definition) is 1.